The summed E-state index contributed by atoms with van der Waals surface area (Å²) in [6, 6.07) is 0. The van der Waals surface area contributed by atoms with Gasteiger partial charge in [0, 0.05) is 37.9 Å². The Hall–Kier alpha value is -1.52. The predicted octanol–water partition coefficient (Wildman–Crippen LogP) is 2.87. The molecule has 2 rings (SSSR count). The van der Waals surface area contributed by atoms with Crippen molar-refractivity contribution < 1.29 is 0 Å². The fourth-order valence-electron chi connectivity index (χ4n) is 3.51. The standard InChI is InChI=1S/C18H33N5/c1-7-19-18(23-9-8-16(12-23)10-13(2)3)20-11-17-14(4)21-22(6)15(17)5/h13,16H,7-12H2,1-6H3,(H,19,20). The first-order valence-corrected chi connectivity index (χ1v) is 8.94. The number of aliphatic imine (C=N–C) groups is 1. The number of likely N-dealkylation sites (tertiary alicyclic amines) is 1. The SMILES string of the molecule is CCNC(=NCc1c(C)nn(C)c1C)N1CCC(CC(C)C)C1. The van der Waals surface area contributed by atoms with Gasteiger partial charge in [-0.3, -0.25) is 4.68 Å². The van der Waals surface area contributed by atoms with Gasteiger partial charge < -0.3 is 10.2 Å². The molecule has 1 saturated heterocycles. The Bertz CT molecular complexity index is 544. The van der Waals surface area contributed by atoms with Gasteiger partial charge in [-0.05, 0) is 45.4 Å². The second kappa shape index (κ2) is 7.84. The third kappa shape index (κ3) is 4.49. The van der Waals surface area contributed by atoms with Crippen LogP contribution in [-0.4, -0.2) is 40.3 Å². The summed E-state index contributed by atoms with van der Waals surface area (Å²) >= 11 is 0. The number of hydrogen-bond acceptors (Lipinski definition) is 2. The van der Waals surface area contributed by atoms with E-state index in [2.05, 4.69) is 49.9 Å². The minimum absolute atomic E-state index is 0.708. The van der Waals surface area contributed by atoms with Crippen molar-refractivity contribution in [1.29, 1.82) is 0 Å². The van der Waals surface area contributed by atoms with Crippen LogP contribution in [0.2, 0.25) is 0 Å². The lowest BCUT2D eigenvalue weighted by molar-refractivity contribution is 0.403. The second-order valence-corrected chi connectivity index (χ2v) is 7.17. The molecule has 0 saturated carbocycles. The first-order valence-electron chi connectivity index (χ1n) is 8.94. The van der Waals surface area contributed by atoms with Gasteiger partial charge in [-0.2, -0.15) is 5.10 Å². The van der Waals surface area contributed by atoms with Crippen molar-refractivity contribution in [3.63, 3.8) is 0 Å². The van der Waals surface area contributed by atoms with E-state index >= 15 is 0 Å². The zero-order chi connectivity index (χ0) is 17.0. The largest absolute Gasteiger partial charge is 0.357 e. The summed E-state index contributed by atoms with van der Waals surface area (Å²) in [5.41, 5.74) is 3.55. The lowest BCUT2D eigenvalue weighted by Crippen LogP contribution is -2.40. The van der Waals surface area contributed by atoms with Gasteiger partial charge in [0.15, 0.2) is 5.96 Å². The molecule has 1 aromatic heterocycles. The maximum absolute atomic E-state index is 4.89. The van der Waals surface area contributed by atoms with Crippen LogP contribution in [0.1, 0.15) is 50.6 Å². The summed E-state index contributed by atoms with van der Waals surface area (Å²) < 4.78 is 1.95. The second-order valence-electron chi connectivity index (χ2n) is 7.17. The van der Waals surface area contributed by atoms with E-state index in [1.165, 1.54) is 24.1 Å². The highest BCUT2D eigenvalue weighted by atomic mass is 15.3. The number of guanidine groups is 1. The number of aromatic nitrogens is 2. The number of nitrogens with zero attached hydrogens (tertiary/aromatic N) is 4. The number of aryl methyl sites for hydroxylation is 2. The lowest BCUT2D eigenvalue weighted by Gasteiger charge is -2.22. The highest BCUT2D eigenvalue weighted by Crippen LogP contribution is 2.23. The molecule has 1 N–H and O–H groups in total. The van der Waals surface area contributed by atoms with Crippen molar-refractivity contribution in [3.05, 3.63) is 17.0 Å². The molecule has 0 radical (unpaired) electrons. The summed E-state index contributed by atoms with van der Waals surface area (Å²) in [5, 5.41) is 7.95. The summed E-state index contributed by atoms with van der Waals surface area (Å²) in [4.78, 5) is 7.32. The van der Waals surface area contributed by atoms with Gasteiger partial charge in [-0.1, -0.05) is 13.8 Å². The molecule has 130 valence electrons. The molecule has 1 atom stereocenters. The molecule has 5 heteroatoms. The highest BCUT2D eigenvalue weighted by Gasteiger charge is 2.25. The van der Waals surface area contributed by atoms with Crippen molar-refractivity contribution in [2.75, 3.05) is 19.6 Å². The average Bonchev–Trinajstić information content (AvgIpc) is 3.01. The molecule has 1 aliphatic rings. The van der Waals surface area contributed by atoms with Crippen molar-refractivity contribution in [2.45, 2.75) is 54.0 Å². The molecule has 0 aromatic carbocycles. The van der Waals surface area contributed by atoms with Crippen LogP contribution in [0.5, 0.6) is 0 Å². The van der Waals surface area contributed by atoms with Gasteiger partial charge in [-0.15, -0.1) is 0 Å². The Labute approximate surface area is 141 Å². The van der Waals surface area contributed by atoms with Crippen LogP contribution in [0.4, 0.5) is 0 Å². The number of nitrogens with one attached hydrogen (secondary N) is 1. The summed E-state index contributed by atoms with van der Waals surface area (Å²) in [7, 11) is 2.00. The van der Waals surface area contributed by atoms with Gasteiger partial charge in [0.2, 0.25) is 0 Å². The fraction of sp³-hybridized carbons (Fsp3) is 0.778. The maximum atomic E-state index is 4.89. The van der Waals surface area contributed by atoms with Gasteiger partial charge in [0.05, 0.1) is 12.2 Å². The Morgan fingerprint density at radius 2 is 2.13 bits per heavy atom. The molecule has 1 aromatic rings. The zero-order valence-corrected chi connectivity index (χ0v) is 15.7. The average molecular weight is 319 g/mol. The van der Waals surface area contributed by atoms with Gasteiger partial charge in [-0.25, -0.2) is 4.99 Å². The van der Waals surface area contributed by atoms with Crippen LogP contribution >= 0.6 is 0 Å². The predicted molar refractivity (Wildman–Crippen MR) is 96.6 cm³/mol. The van der Waals surface area contributed by atoms with Crippen molar-refractivity contribution in [3.8, 4) is 0 Å². The third-order valence-corrected chi connectivity index (χ3v) is 4.77. The Balaban J connectivity index is 2.06. The van der Waals surface area contributed by atoms with Crippen LogP contribution in [-0.2, 0) is 13.6 Å². The quantitative estimate of drug-likeness (QED) is 0.670. The molecule has 0 aliphatic carbocycles. The molecule has 23 heavy (non-hydrogen) atoms. The minimum atomic E-state index is 0.708. The van der Waals surface area contributed by atoms with Crippen LogP contribution in [0.3, 0.4) is 0 Å². The van der Waals surface area contributed by atoms with Crippen LogP contribution in [0.15, 0.2) is 4.99 Å². The Kier molecular flexibility index (Phi) is 6.08. The van der Waals surface area contributed by atoms with E-state index < -0.39 is 0 Å². The minimum Gasteiger partial charge on any atom is -0.357 e. The Morgan fingerprint density at radius 1 is 1.39 bits per heavy atom. The van der Waals surface area contributed by atoms with Crippen LogP contribution in [0.25, 0.3) is 0 Å². The molecule has 0 bridgehead atoms. The van der Waals surface area contributed by atoms with Gasteiger partial charge in [0.25, 0.3) is 0 Å². The van der Waals surface area contributed by atoms with E-state index in [1.54, 1.807) is 0 Å². The molecular formula is C18H33N5. The van der Waals surface area contributed by atoms with E-state index in [1.807, 2.05) is 11.7 Å². The number of rotatable bonds is 5. The molecule has 1 unspecified atom stereocenters. The van der Waals surface area contributed by atoms with Crippen molar-refractivity contribution >= 4 is 5.96 Å². The topological polar surface area (TPSA) is 45.5 Å². The summed E-state index contributed by atoms with van der Waals surface area (Å²) in [6.07, 6.45) is 2.60. The van der Waals surface area contributed by atoms with Crippen molar-refractivity contribution in [1.82, 2.24) is 20.0 Å². The molecular weight excluding hydrogens is 286 g/mol. The van der Waals surface area contributed by atoms with E-state index in [-0.39, 0.29) is 0 Å². The normalized spacial score (nSPS) is 19.0. The zero-order valence-electron chi connectivity index (χ0n) is 15.7. The molecule has 2 heterocycles. The third-order valence-electron chi connectivity index (χ3n) is 4.77. The van der Waals surface area contributed by atoms with E-state index in [9.17, 15) is 0 Å². The van der Waals surface area contributed by atoms with Crippen LogP contribution in [0, 0.1) is 25.7 Å². The first kappa shape index (κ1) is 17.8. The van der Waals surface area contributed by atoms with E-state index in [4.69, 9.17) is 4.99 Å². The van der Waals surface area contributed by atoms with E-state index in [0.717, 1.165) is 43.1 Å². The fourth-order valence-corrected chi connectivity index (χ4v) is 3.51. The van der Waals surface area contributed by atoms with Crippen molar-refractivity contribution in [2.24, 2.45) is 23.9 Å². The maximum Gasteiger partial charge on any atom is 0.194 e. The lowest BCUT2D eigenvalue weighted by atomic mass is 9.97. The molecule has 5 nitrogen and oxygen atoms in total. The Morgan fingerprint density at radius 3 is 2.70 bits per heavy atom. The molecule has 0 spiro atoms. The van der Waals surface area contributed by atoms with Gasteiger partial charge >= 0.3 is 0 Å². The van der Waals surface area contributed by atoms with E-state index in [0.29, 0.717) is 6.54 Å². The first-order chi connectivity index (χ1) is 10.9. The highest BCUT2D eigenvalue weighted by molar-refractivity contribution is 5.80. The summed E-state index contributed by atoms with van der Waals surface area (Å²) in [6.45, 7) is 14.8. The summed E-state index contributed by atoms with van der Waals surface area (Å²) in [5.74, 6) is 2.64. The smallest absolute Gasteiger partial charge is 0.194 e. The number of hydrogen-bond donors (Lipinski definition) is 1. The monoisotopic (exact) mass is 319 g/mol. The van der Waals surface area contributed by atoms with Gasteiger partial charge in [0.1, 0.15) is 0 Å². The molecule has 1 fully saturated rings. The van der Waals surface area contributed by atoms with Crippen LogP contribution < -0.4 is 5.32 Å². The molecule has 0 amide bonds. The molecule has 1 aliphatic heterocycles.